The molecule has 9 nitrogen and oxygen atoms in total. The Morgan fingerprint density at radius 3 is 2.71 bits per heavy atom. The van der Waals surface area contributed by atoms with Crippen molar-refractivity contribution < 1.29 is 23.4 Å². The van der Waals surface area contributed by atoms with Gasteiger partial charge in [0.05, 0.1) is 41.9 Å². The van der Waals surface area contributed by atoms with Crippen molar-refractivity contribution in [2.75, 3.05) is 19.7 Å². The molecule has 1 saturated heterocycles. The summed E-state index contributed by atoms with van der Waals surface area (Å²) in [5.41, 5.74) is 1.22. The van der Waals surface area contributed by atoms with E-state index in [0.29, 0.717) is 11.3 Å². The molecule has 1 amide bonds. The number of carbonyl (C=O) groups is 1. The van der Waals surface area contributed by atoms with Crippen LogP contribution in [-0.4, -0.2) is 60.8 Å². The van der Waals surface area contributed by atoms with Gasteiger partial charge in [-0.1, -0.05) is 0 Å². The van der Waals surface area contributed by atoms with Gasteiger partial charge in [-0.15, -0.1) is 0 Å². The normalized spacial score (nSPS) is 16.3. The molecule has 11 heteroatoms. The van der Waals surface area contributed by atoms with Crippen molar-refractivity contribution in [2.24, 2.45) is 0 Å². The molecule has 1 fully saturated rings. The van der Waals surface area contributed by atoms with Gasteiger partial charge in [0.2, 0.25) is 0 Å². The number of nitrogens with zero attached hydrogens (tertiary/aromatic N) is 4. The lowest BCUT2D eigenvalue weighted by molar-refractivity contribution is -0.0214. The van der Waals surface area contributed by atoms with Gasteiger partial charge in [0.25, 0.3) is 0 Å². The molecule has 2 N–H and O–H groups in total. The first kappa shape index (κ1) is 21.8. The van der Waals surface area contributed by atoms with Gasteiger partial charge in [-0.25, -0.2) is 23.4 Å². The summed E-state index contributed by atoms with van der Waals surface area (Å²) in [6, 6.07) is 5.80. The average Bonchev–Trinajstić information content (AvgIpc) is 3.37. The van der Waals surface area contributed by atoms with Gasteiger partial charge in [-0.2, -0.15) is 0 Å². The van der Waals surface area contributed by atoms with Crippen LogP contribution >= 0.6 is 0 Å². The summed E-state index contributed by atoms with van der Waals surface area (Å²) >= 11 is 0. The van der Waals surface area contributed by atoms with Crippen LogP contribution in [0.2, 0.25) is 0 Å². The molecule has 176 valence electrons. The smallest absolute Gasteiger partial charge is 0.407 e. The fourth-order valence-electron chi connectivity index (χ4n) is 4.27. The number of rotatable bonds is 4. The number of pyridine rings is 1. The van der Waals surface area contributed by atoms with Crippen LogP contribution in [0.4, 0.5) is 13.6 Å². The topological polar surface area (TPSA) is 105 Å². The van der Waals surface area contributed by atoms with Crippen molar-refractivity contribution in [2.45, 2.75) is 19.4 Å². The van der Waals surface area contributed by atoms with Crippen LogP contribution in [0.15, 0.2) is 47.7 Å². The van der Waals surface area contributed by atoms with Crippen LogP contribution in [0.3, 0.4) is 0 Å². The van der Waals surface area contributed by atoms with Crippen LogP contribution < -0.4 is 5.69 Å². The van der Waals surface area contributed by atoms with Gasteiger partial charge >= 0.3 is 11.8 Å². The van der Waals surface area contributed by atoms with E-state index < -0.39 is 29.5 Å². The van der Waals surface area contributed by atoms with Crippen molar-refractivity contribution in [3.05, 3.63) is 76.2 Å². The molecule has 5 rings (SSSR count). The molecule has 1 atom stereocenters. The molecule has 3 aromatic heterocycles. The summed E-state index contributed by atoms with van der Waals surface area (Å²) in [4.78, 5) is 31.5. The second-order valence-corrected chi connectivity index (χ2v) is 8.18. The molecule has 1 aromatic carbocycles. The molecular formula is C23H21F2N5O4. The number of amides is 1. The number of fused-ring (bicyclic) bond motifs is 1. The van der Waals surface area contributed by atoms with E-state index in [9.17, 15) is 14.7 Å². The van der Waals surface area contributed by atoms with E-state index in [1.54, 1.807) is 16.7 Å². The van der Waals surface area contributed by atoms with E-state index in [2.05, 4.69) is 9.97 Å². The minimum atomic E-state index is -1.05. The molecule has 1 aliphatic rings. The number of nitrogens with one attached hydrogen (secondary N) is 1. The zero-order valence-corrected chi connectivity index (χ0v) is 18.2. The molecule has 0 unspecified atom stereocenters. The Hall–Kier alpha value is -3.99. The molecule has 0 bridgehead atoms. The van der Waals surface area contributed by atoms with Crippen molar-refractivity contribution >= 4 is 11.7 Å². The highest BCUT2D eigenvalue weighted by atomic mass is 19.1. The largest absolute Gasteiger partial charge is 0.465 e. The monoisotopic (exact) mass is 469 g/mol. The Labute approximate surface area is 191 Å². The van der Waals surface area contributed by atoms with Crippen LogP contribution in [0.25, 0.3) is 22.6 Å². The summed E-state index contributed by atoms with van der Waals surface area (Å²) < 4.78 is 39.2. The quantitative estimate of drug-likeness (QED) is 0.478. The lowest BCUT2D eigenvalue weighted by Gasteiger charge is -2.31. The number of aromatic amines is 1. The van der Waals surface area contributed by atoms with E-state index in [1.807, 2.05) is 13.0 Å². The average molecular weight is 469 g/mol. The Morgan fingerprint density at radius 1 is 1.26 bits per heavy atom. The molecule has 0 aliphatic carbocycles. The summed E-state index contributed by atoms with van der Waals surface area (Å²) in [5, 5.41) is 9.34. The Bertz CT molecular complexity index is 1430. The second kappa shape index (κ2) is 8.41. The van der Waals surface area contributed by atoms with Crippen molar-refractivity contribution in [3.63, 3.8) is 0 Å². The minimum Gasteiger partial charge on any atom is -0.465 e. The maximum absolute atomic E-state index is 15.3. The number of carboxylic acid groups (broad SMARTS) is 1. The van der Waals surface area contributed by atoms with Crippen LogP contribution in [0.5, 0.6) is 0 Å². The highest BCUT2D eigenvalue weighted by Gasteiger charge is 2.28. The molecule has 0 spiro atoms. The van der Waals surface area contributed by atoms with Gasteiger partial charge in [-0.3, -0.25) is 4.57 Å². The number of aromatic nitrogens is 4. The third-order valence-electron chi connectivity index (χ3n) is 5.90. The van der Waals surface area contributed by atoms with Crippen molar-refractivity contribution in [1.29, 1.82) is 0 Å². The molecule has 4 aromatic rings. The number of hydrogen-bond acceptors (Lipinski definition) is 4. The maximum Gasteiger partial charge on any atom is 0.407 e. The van der Waals surface area contributed by atoms with E-state index in [-0.39, 0.29) is 43.1 Å². The summed E-state index contributed by atoms with van der Waals surface area (Å²) in [7, 11) is 0. The molecular weight excluding hydrogens is 448 g/mol. The first-order valence-corrected chi connectivity index (χ1v) is 10.6. The summed E-state index contributed by atoms with van der Waals surface area (Å²) in [6.45, 7) is 2.50. The molecule has 0 radical (unpaired) electrons. The van der Waals surface area contributed by atoms with E-state index in [4.69, 9.17) is 4.74 Å². The van der Waals surface area contributed by atoms with Crippen LogP contribution in [0.1, 0.15) is 11.3 Å². The lowest BCUT2D eigenvalue weighted by Crippen LogP contribution is -2.45. The number of morpholine rings is 1. The van der Waals surface area contributed by atoms with Crippen molar-refractivity contribution in [1.82, 2.24) is 23.8 Å². The number of halogens is 2. The Morgan fingerprint density at radius 2 is 2.03 bits per heavy atom. The zero-order valence-electron chi connectivity index (χ0n) is 18.2. The van der Waals surface area contributed by atoms with E-state index in [0.717, 1.165) is 22.3 Å². The highest BCUT2D eigenvalue weighted by Crippen LogP contribution is 2.32. The molecule has 34 heavy (non-hydrogen) atoms. The van der Waals surface area contributed by atoms with E-state index >= 15 is 8.78 Å². The fourth-order valence-corrected chi connectivity index (χ4v) is 4.27. The fraction of sp³-hybridized carbons (Fsp3) is 0.261. The van der Waals surface area contributed by atoms with Gasteiger partial charge in [0, 0.05) is 31.6 Å². The SMILES string of the molecule is Cc1ccn2c(C[C@H]3CN(C(=O)O)CCO3)c(-c3c(F)cc(-n4cc[nH]c4=O)cc3F)nc2c1. The molecule has 4 heterocycles. The van der Waals surface area contributed by atoms with Crippen LogP contribution in [-0.2, 0) is 11.2 Å². The zero-order chi connectivity index (χ0) is 24.0. The standard InChI is InChI=1S/C23H21F2N5O4/c1-13-2-4-30-18(11-15-12-28(23(32)33)6-7-34-15)21(27-19(30)8-13)20-16(24)9-14(10-17(20)25)29-5-3-26-22(29)31/h2-5,8-10,15H,6-7,11-12H2,1H3,(H,26,31)(H,32,33)/t15-/m0/s1. The van der Waals surface area contributed by atoms with Crippen LogP contribution in [0, 0.1) is 18.6 Å². The number of H-pyrrole nitrogens is 1. The number of benzene rings is 1. The van der Waals surface area contributed by atoms with Gasteiger partial charge < -0.3 is 24.1 Å². The number of aryl methyl sites for hydroxylation is 1. The maximum atomic E-state index is 15.3. The third-order valence-corrected chi connectivity index (χ3v) is 5.90. The third kappa shape index (κ3) is 3.83. The molecule has 0 saturated carbocycles. The van der Waals surface area contributed by atoms with Gasteiger partial charge in [0.1, 0.15) is 17.3 Å². The van der Waals surface area contributed by atoms with E-state index in [1.165, 1.54) is 17.3 Å². The first-order valence-electron chi connectivity index (χ1n) is 10.6. The summed E-state index contributed by atoms with van der Waals surface area (Å²) in [5.74, 6) is -1.75. The summed E-state index contributed by atoms with van der Waals surface area (Å²) in [6.07, 6.45) is 3.16. The number of hydrogen-bond donors (Lipinski definition) is 2. The lowest BCUT2D eigenvalue weighted by atomic mass is 10.0. The Balaban J connectivity index is 1.62. The predicted octanol–water partition coefficient (Wildman–Crippen LogP) is 2.99. The van der Waals surface area contributed by atoms with Crippen molar-refractivity contribution in [3.8, 4) is 16.9 Å². The van der Waals surface area contributed by atoms with Gasteiger partial charge in [-0.05, 0) is 36.8 Å². The second-order valence-electron chi connectivity index (χ2n) is 8.18. The Kier molecular flexibility index (Phi) is 5.40. The highest BCUT2D eigenvalue weighted by molar-refractivity contribution is 5.69. The predicted molar refractivity (Wildman–Crippen MR) is 118 cm³/mol. The number of imidazole rings is 2. The molecule has 1 aliphatic heterocycles. The minimum absolute atomic E-state index is 0.0406. The van der Waals surface area contributed by atoms with Gasteiger partial charge in [0.15, 0.2) is 0 Å². The first-order chi connectivity index (χ1) is 16.3. The number of ether oxygens (including phenoxy) is 1.